The Hall–Kier alpha value is -3.67. The van der Waals surface area contributed by atoms with E-state index in [1.807, 2.05) is 53.1 Å². The van der Waals surface area contributed by atoms with Crippen molar-refractivity contribution in [3.63, 3.8) is 0 Å². The average molecular weight is 486 g/mol. The van der Waals surface area contributed by atoms with Crippen molar-refractivity contribution in [2.45, 2.75) is 37.6 Å². The summed E-state index contributed by atoms with van der Waals surface area (Å²) in [5.41, 5.74) is 3.90. The van der Waals surface area contributed by atoms with Crippen molar-refractivity contribution in [2.75, 3.05) is 11.9 Å². The van der Waals surface area contributed by atoms with E-state index in [0.29, 0.717) is 23.1 Å². The summed E-state index contributed by atoms with van der Waals surface area (Å²) in [4.78, 5) is 9.59. The molecule has 0 aliphatic heterocycles. The monoisotopic (exact) mass is 485 g/mol. The smallest absolute Gasteiger partial charge is 0.240 e. The molecule has 0 saturated heterocycles. The van der Waals surface area contributed by atoms with Crippen LogP contribution in [0.5, 0.6) is 0 Å². The lowest BCUT2D eigenvalue weighted by atomic mass is 10.2. The highest BCUT2D eigenvalue weighted by atomic mass is 32.2. The number of hydrogen-bond donors (Lipinski definition) is 2. The molecule has 2 heterocycles. The molecule has 4 aromatic rings. The predicted octanol–water partition coefficient (Wildman–Crippen LogP) is 4.30. The van der Waals surface area contributed by atoms with Gasteiger partial charge in [0.1, 0.15) is 5.69 Å². The molecule has 1 aliphatic rings. The van der Waals surface area contributed by atoms with Crippen LogP contribution < -0.4 is 10.0 Å². The quantitative estimate of drug-likeness (QED) is 0.381. The minimum Gasteiger partial charge on any atom is -0.367 e. The van der Waals surface area contributed by atoms with Crippen LogP contribution in [0.3, 0.4) is 0 Å². The fourth-order valence-electron chi connectivity index (χ4n) is 3.63. The van der Waals surface area contributed by atoms with Gasteiger partial charge < -0.3 is 5.32 Å². The van der Waals surface area contributed by atoms with Crippen molar-refractivity contribution in [1.29, 1.82) is 0 Å². The maximum absolute atomic E-state index is 12.5. The number of nitrogens with one attached hydrogen (secondary N) is 2. The molecule has 0 bridgehead atoms. The maximum atomic E-state index is 12.5. The average Bonchev–Trinajstić information content (AvgIpc) is 3.56. The van der Waals surface area contributed by atoms with Crippen LogP contribution in [0.4, 0.5) is 5.82 Å². The molecule has 0 amide bonds. The SMILES string of the molecule is CC(C)CNc1nc(C#Cc2ccccc2)cn2c(-c3ccc(S(=O)(=O)NC4CC4)cc3)cnc12. The summed E-state index contributed by atoms with van der Waals surface area (Å²) < 4.78 is 29.7. The van der Waals surface area contributed by atoms with Crippen LogP contribution in [-0.4, -0.2) is 35.4 Å². The second-order valence-corrected chi connectivity index (χ2v) is 10.8. The summed E-state index contributed by atoms with van der Waals surface area (Å²) in [7, 11) is -3.50. The van der Waals surface area contributed by atoms with E-state index in [9.17, 15) is 8.42 Å². The van der Waals surface area contributed by atoms with Crippen molar-refractivity contribution in [3.8, 4) is 23.1 Å². The van der Waals surface area contributed by atoms with Gasteiger partial charge in [-0.2, -0.15) is 0 Å². The summed E-state index contributed by atoms with van der Waals surface area (Å²) in [6, 6.07) is 16.7. The Balaban J connectivity index is 1.53. The first-order chi connectivity index (χ1) is 16.9. The second kappa shape index (κ2) is 9.53. The minimum absolute atomic E-state index is 0.0677. The Morgan fingerprint density at radius 1 is 1.06 bits per heavy atom. The van der Waals surface area contributed by atoms with Crippen molar-refractivity contribution in [1.82, 2.24) is 19.1 Å². The van der Waals surface area contributed by atoms with E-state index in [0.717, 1.165) is 36.2 Å². The van der Waals surface area contributed by atoms with Gasteiger partial charge in [0.25, 0.3) is 0 Å². The first-order valence-electron chi connectivity index (χ1n) is 11.7. The van der Waals surface area contributed by atoms with Gasteiger partial charge >= 0.3 is 0 Å². The Bertz CT molecular complexity index is 1510. The molecule has 1 saturated carbocycles. The normalized spacial score (nSPS) is 13.6. The van der Waals surface area contributed by atoms with Crippen molar-refractivity contribution in [3.05, 3.63) is 78.2 Å². The fraction of sp³-hybridized carbons (Fsp3) is 0.259. The highest BCUT2D eigenvalue weighted by Crippen LogP contribution is 2.27. The Labute approximate surface area is 205 Å². The number of benzene rings is 2. The van der Waals surface area contributed by atoms with Gasteiger partial charge in [-0.15, -0.1) is 0 Å². The zero-order valence-electron chi connectivity index (χ0n) is 19.7. The van der Waals surface area contributed by atoms with Gasteiger partial charge in [0, 0.05) is 29.9 Å². The first kappa shape index (κ1) is 23.1. The largest absolute Gasteiger partial charge is 0.367 e. The molecule has 35 heavy (non-hydrogen) atoms. The number of aromatic nitrogens is 3. The fourth-order valence-corrected chi connectivity index (χ4v) is 4.94. The number of fused-ring (bicyclic) bond motifs is 1. The molecule has 1 aliphatic carbocycles. The third-order valence-corrected chi connectivity index (χ3v) is 7.17. The molecular formula is C27H27N5O2S. The molecule has 2 N–H and O–H groups in total. The van der Waals surface area contributed by atoms with Gasteiger partial charge in [-0.3, -0.25) is 4.40 Å². The highest BCUT2D eigenvalue weighted by Gasteiger charge is 2.28. The van der Waals surface area contributed by atoms with E-state index in [1.165, 1.54) is 0 Å². The molecular weight excluding hydrogens is 458 g/mol. The third kappa shape index (κ3) is 5.37. The van der Waals surface area contributed by atoms with Gasteiger partial charge in [-0.25, -0.2) is 23.1 Å². The highest BCUT2D eigenvalue weighted by molar-refractivity contribution is 7.89. The first-order valence-corrected chi connectivity index (χ1v) is 13.2. The number of rotatable bonds is 7. The van der Waals surface area contributed by atoms with Gasteiger partial charge in [-0.05, 0) is 48.9 Å². The van der Waals surface area contributed by atoms with E-state index in [2.05, 4.69) is 40.7 Å². The van der Waals surface area contributed by atoms with Crippen LogP contribution in [0.25, 0.3) is 16.9 Å². The molecule has 7 nitrogen and oxygen atoms in total. The summed E-state index contributed by atoms with van der Waals surface area (Å²) in [6.45, 7) is 5.02. The number of nitrogens with zero attached hydrogens (tertiary/aromatic N) is 3. The number of hydrogen-bond acceptors (Lipinski definition) is 5. The third-order valence-electron chi connectivity index (χ3n) is 5.64. The van der Waals surface area contributed by atoms with E-state index in [-0.39, 0.29) is 10.9 Å². The molecule has 0 radical (unpaired) electrons. The molecule has 8 heteroatoms. The molecule has 0 atom stereocenters. The van der Waals surface area contributed by atoms with Crippen LogP contribution in [0.1, 0.15) is 37.9 Å². The number of imidazole rings is 1. The summed E-state index contributed by atoms with van der Waals surface area (Å²) in [6.07, 6.45) is 5.44. The van der Waals surface area contributed by atoms with Crippen molar-refractivity contribution in [2.24, 2.45) is 5.92 Å². The Morgan fingerprint density at radius 2 is 1.80 bits per heavy atom. The van der Waals surface area contributed by atoms with Gasteiger partial charge in [0.2, 0.25) is 10.0 Å². The lowest BCUT2D eigenvalue weighted by Crippen LogP contribution is -2.25. The topological polar surface area (TPSA) is 88.4 Å². The van der Waals surface area contributed by atoms with E-state index in [4.69, 9.17) is 4.98 Å². The van der Waals surface area contributed by atoms with E-state index < -0.39 is 10.0 Å². The van der Waals surface area contributed by atoms with Crippen molar-refractivity contribution >= 4 is 21.5 Å². The summed E-state index contributed by atoms with van der Waals surface area (Å²) >= 11 is 0. The van der Waals surface area contributed by atoms with Crippen molar-refractivity contribution < 1.29 is 8.42 Å². The van der Waals surface area contributed by atoms with E-state index >= 15 is 0 Å². The predicted molar refractivity (Wildman–Crippen MR) is 138 cm³/mol. The zero-order valence-corrected chi connectivity index (χ0v) is 20.5. The van der Waals surface area contributed by atoms with Crippen LogP contribution in [0, 0.1) is 17.8 Å². The summed E-state index contributed by atoms with van der Waals surface area (Å²) in [5.74, 6) is 7.43. The molecule has 1 fully saturated rings. The number of anilines is 1. The Morgan fingerprint density at radius 3 is 2.49 bits per heavy atom. The van der Waals surface area contributed by atoms with Gasteiger partial charge in [0.05, 0.1) is 16.8 Å². The lowest BCUT2D eigenvalue weighted by molar-refractivity contribution is 0.581. The lowest BCUT2D eigenvalue weighted by Gasteiger charge is -2.11. The second-order valence-electron chi connectivity index (χ2n) is 9.12. The van der Waals surface area contributed by atoms with Gasteiger partial charge in [-0.1, -0.05) is 50.1 Å². The number of sulfonamides is 1. The van der Waals surface area contributed by atoms with E-state index in [1.54, 1.807) is 18.3 Å². The van der Waals surface area contributed by atoms with Crippen LogP contribution in [-0.2, 0) is 10.0 Å². The zero-order chi connectivity index (χ0) is 24.4. The Kier molecular flexibility index (Phi) is 6.29. The molecule has 0 unspecified atom stereocenters. The standard InChI is InChI=1S/C27H27N5O2S/c1-19(2)16-28-26-27-29-17-25(21-9-14-24(15-10-21)35(33,34)31-22-12-13-22)32(27)18-23(30-26)11-8-20-6-4-3-5-7-20/h3-7,9-10,14-15,17-19,22,31H,12-13,16H2,1-2H3,(H,28,30). The molecule has 5 rings (SSSR count). The van der Waals surface area contributed by atoms with Crippen LogP contribution >= 0.6 is 0 Å². The maximum Gasteiger partial charge on any atom is 0.240 e. The molecule has 0 spiro atoms. The molecule has 178 valence electrons. The molecule has 2 aromatic carbocycles. The summed E-state index contributed by atoms with van der Waals surface area (Å²) in [5, 5.41) is 3.39. The van der Waals surface area contributed by atoms with Gasteiger partial charge in [0.15, 0.2) is 11.5 Å². The minimum atomic E-state index is -3.50. The van der Waals surface area contributed by atoms with Crippen LogP contribution in [0.2, 0.25) is 0 Å². The molecule has 2 aromatic heterocycles. The van der Waals surface area contributed by atoms with Crippen LogP contribution in [0.15, 0.2) is 71.9 Å².